The predicted molar refractivity (Wildman–Crippen MR) is 74.8 cm³/mol. The van der Waals surface area contributed by atoms with E-state index in [1.165, 1.54) is 0 Å². The lowest BCUT2D eigenvalue weighted by Gasteiger charge is -2.21. The van der Waals surface area contributed by atoms with E-state index in [1.54, 1.807) is 0 Å². The molecule has 1 N–H and O–H groups in total. The summed E-state index contributed by atoms with van der Waals surface area (Å²) in [7, 11) is -4.52. The van der Waals surface area contributed by atoms with Crippen molar-refractivity contribution < 1.29 is 17.8 Å². The number of amides is 1. The van der Waals surface area contributed by atoms with Gasteiger partial charge in [0.05, 0.1) is 5.92 Å². The van der Waals surface area contributed by atoms with Crippen LogP contribution in [-0.4, -0.2) is 30.0 Å². The van der Waals surface area contributed by atoms with Crippen LogP contribution in [0.25, 0.3) is 0 Å². The van der Waals surface area contributed by atoms with Gasteiger partial charge in [0.2, 0.25) is 5.91 Å². The van der Waals surface area contributed by atoms with E-state index in [9.17, 15) is 17.8 Å². The average Bonchev–Trinajstić information content (AvgIpc) is 2.35. The number of hydrogen-bond acceptors (Lipinski definition) is 5. The number of hydrogen-bond donors (Lipinski definition) is 2. The minimum absolute atomic E-state index is 0.270. The Morgan fingerprint density at radius 2 is 1.95 bits per heavy atom. The van der Waals surface area contributed by atoms with Crippen molar-refractivity contribution in [1.82, 2.24) is 5.32 Å². The van der Waals surface area contributed by atoms with Gasteiger partial charge < -0.3 is 9.87 Å². The zero-order valence-corrected chi connectivity index (χ0v) is 12.2. The Morgan fingerprint density at radius 3 is 2.42 bits per heavy atom. The Morgan fingerprint density at radius 1 is 1.37 bits per heavy atom. The van der Waals surface area contributed by atoms with E-state index in [4.69, 9.17) is 0 Å². The summed E-state index contributed by atoms with van der Waals surface area (Å²) in [5.74, 6) is -0.687. The molecule has 0 aliphatic rings. The molecule has 1 rings (SSSR count). The Labute approximate surface area is 118 Å². The molecule has 0 aliphatic heterocycles. The minimum Gasteiger partial charge on any atom is -0.746 e. The van der Waals surface area contributed by atoms with Crippen LogP contribution >= 0.6 is 12.6 Å². The largest absolute Gasteiger partial charge is 0.746 e. The molecule has 1 aromatic carbocycles. The van der Waals surface area contributed by atoms with E-state index >= 15 is 0 Å². The van der Waals surface area contributed by atoms with Crippen LogP contribution in [-0.2, 0) is 21.3 Å². The van der Waals surface area contributed by atoms with Gasteiger partial charge in [-0.2, -0.15) is 12.6 Å². The quantitative estimate of drug-likeness (QED) is 0.600. The first-order valence-electron chi connectivity index (χ1n) is 5.74. The molecule has 5 nitrogen and oxygen atoms in total. The molecule has 0 fully saturated rings. The summed E-state index contributed by atoms with van der Waals surface area (Å²) < 4.78 is 32.2. The fourth-order valence-corrected chi connectivity index (χ4v) is 2.08. The van der Waals surface area contributed by atoms with Gasteiger partial charge in [0.25, 0.3) is 0 Å². The van der Waals surface area contributed by atoms with Gasteiger partial charge in [-0.1, -0.05) is 30.3 Å². The molecule has 1 aromatic rings. The van der Waals surface area contributed by atoms with Crippen LogP contribution in [0, 0.1) is 5.92 Å². The topological polar surface area (TPSA) is 86.3 Å². The van der Waals surface area contributed by atoms with E-state index in [0.29, 0.717) is 6.42 Å². The highest BCUT2D eigenvalue weighted by atomic mass is 32.2. The Kier molecular flexibility index (Phi) is 5.84. The molecule has 1 amide bonds. The highest BCUT2D eigenvalue weighted by molar-refractivity contribution is 7.86. The molecule has 2 unspecified atom stereocenters. The normalized spacial score (nSPS) is 14.7. The number of carbonyl (C=O) groups excluding carboxylic acids is 1. The van der Waals surface area contributed by atoms with Crippen molar-refractivity contribution >= 4 is 28.7 Å². The zero-order chi connectivity index (χ0) is 14.5. The van der Waals surface area contributed by atoms with Gasteiger partial charge in [-0.05, 0) is 18.9 Å². The van der Waals surface area contributed by atoms with Crippen LogP contribution in [0.5, 0.6) is 0 Å². The number of thiol groups is 1. The van der Waals surface area contributed by atoms with E-state index in [-0.39, 0.29) is 5.75 Å². The number of carbonyl (C=O) groups is 1. The summed E-state index contributed by atoms with van der Waals surface area (Å²) in [6.07, 6.45) is 0.446. The standard InChI is InChI=1S/C12H17NO4S2/c1-9(19(15,16)17)13-12(14)11(8-18)7-10-5-3-2-4-6-10/h2-6,9,11,18H,7-8H2,1H3,(H,13,14)(H,15,16,17)/p-1. The van der Waals surface area contributed by atoms with Gasteiger partial charge in [-0.25, -0.2) is 8.42 Å². The molecule has 0 aliphatic carbocycles. The van der Waals surface area contributed by atoms with Gasteiger partial charge in [0, 0.05) is 5.75 Å². The van der Waals surface area contributed by atoms with Gasteiger partial charge in [-0.15, -0.1) is 0 Å². The van der Waals surface area contributed by atoms with Gasteiger partial charge >= 0.3 is 0 Å². The molecule has 0 spiro atoms. The van der Waals surface area contributed by atoms with Gasteiger partial charge in [0.1, 0.15) is 15.5 Å². The van der Waals surface area contributed by atoms with Crippen LogP contribution in [0.3, 0.4) is 0 Å². The second kappa shape index (κ2) is 6.93. The van der Waals surface area contributed by atoms with Crippen molar-refractivity contribution in [1.29, 1.82) is 0 Å². The maximum Gasteiger partial charge on any atom is 0.225 e. The smallest absolute Gasteiger partial charge is 0.225 e. The maximum absolute atomic E-state index is 11.9. The van der Waals surface area contributed by atoms with Crippen LogP contribution < -0.4 is 5.32 Å². The van der Waals surface area contributed by atoms with Gasteiger partial charge in [0.15, 0.2) is 0 Å². The highest BCUT2D eigenvalue weighted by Crippen LogP contribution is 2.11. The summed E-state index contributed by atoms with van der Waals surface area (Å²) in [6, 6.07) is 9.32. The lowest BCUT2D eigenvalue weighted by atomic mass is 10.0. The fourth-order valence-electron chi connectivity index (χ4n) is 1.53. The summed E-state index contributed by atoms with van der Waals surface area (Å²) in [4.78, 5) is 11.9. The summed E-state index contributed by atoms with van der Waals surface area (Å²) in [6.45, 7) is 1.15. The fraction of sp³-hybridized carbons (Fsp3) is 0.417. The van der Waals surface area contributed by atoms with Crippen molar-refractivity contribution in [3.05, 3.63) is 35.9 Å². The monoisotopic (exact) mass is 302 g/mol. The summed E-state index contributed by atoms with van der Waals surface area (Å²) in [5, 5.41) is 0.771. The molecule has 0 saturated carbocycles. The zero-order valence-electron chi connectivity index (χ0n) is 10.4. The van der Waals surface area contributed by atoms with Gasteiger partial charge in [-0.3, -0.25) is 4.79 Å². The molecule has 2 atom stereocenters. The average molecular weight is 302 g/mol. The first-order valence-corrected chi connectivity index (χ1v) is 7.85. The van der Waals surface area contributed by atoms with Crippen molar-refractivity contribution in [3.8, 4) is 0 Å². The van der Waals surface area contributed by atoms with Crippen molar-refractivity contribution in [3.63, 3.8) is 0 Å². The third kappa shape index (κ3) is 5.22. The molecule has 0 heterocycles. The Bertz CT molecular complexity index is 516. The third-order valence-corrected chi connectivity index (χ3v) is 4.12. The van der Waals surface area contributed by atoms with Crippen LogP contribution in [0.1, 0.15) is 12.5 Å². The van der Waals surface area contributed by atoms with Crippen molar-refractivity contribution in [2.24, 2.45) is 5.92 Å². The second-order valence-corrected chi connectivity index (χ2v) is 6.27. The maximum atomic E-state index is 11.9. The van der Waals surface area contributed by atoms with E-state index in [1.807, 2.05) is 30.3 Å². The molecule has 7 heteroatoms. The second-order valence-electron chi connectivity index (χ2n) is 4.21. The van der Waals surface area contributed by atoms with Crippen molar-refractivity contribution in [2.75, 3.05) is 5.75 Å². The lowest BCUT2D eigenvalue weighted by molar-refractivity contribution is -0.124. The van der Waals surface area contributed by atoms with Crippen LogP contribution in [0.2, 0.25) is 0 Å². The van der Waals surface area contributed by atoms with Crippen molar-refractivity contribution in [2.45, 2.75) is 18.7 Å². The van der Waals surface area contributed by atoms with Crippen LogP contribution in [0.4, 0.5) is 0 Å². The molecule has 0 radical (unpaired) electrons. The van der Waals surface area contributed by atoms with Crippen LogP contribution in [0.15, 0.2) is 30.3 Å². The molecule has 0 bridgehead atoms. The van der Waals surface area contributed by atoms with E-state index in [0.717, 1.165) is 12.5 Å². The summed E-state index contributed by atoms with van der Waals surface area (Å²) >= 11 is 4.09. The molecular formula is C12H16NO4S2-. The predicted octanol–water partition coefficient (Wildman–Crippen LogP) is 0.783. The van der Waals surface area contributed by atoms with E-state index < -0.39 is 27.3 Å². The molecular weight excluding hydrogens is 286 g/mol. The SMILES string of the molecule is CC(NC(=O)C(CS)Cc1ccccc1)S(=O)(=O)[O-]. The first kappa shape index (κ1) is 16.0. The van der Waals surface area contributed by atoms with E-state index in [2.05, 4.69) is 17.9 Å². The molecule has 0 aromatic heterocycles. The number of benzene rings is 1. The third-order valence-electron chi connectivity index (χ3n) is 2.69. The molecule has 0 saturated heterocycles. The first-order chi connectivity index (χ1) is 8.84. The lowest BCUT2D eigenvalue weighted by Crippen LogP contribution is -2.42. The molecule has 19 heavy (non-hydrogen) atoms. The number of rotatable bonds is 6. The Hall–Kier alpha value is -1.05. The minimum atomic E-state index is -4.52. The number of nitrogens with one attached hydrogen (secondary N) is 1. The Balaban J connectivity index is 2.68. The summed E-state index contributed by atoms with van der Waals surface area (Å²) in [5.41, 5.74) is 0.953. The molecule has 106 valence electrons. The highest BCUT2D eigenvalue weighted by Gasteiger charge is 2.21.